The number of fused-ring (bicyclic) bond motifs is 3. The van der Waals surface area contributed by atoms with E-state index in [4.69, 9.17) is 0 Å². The largest absolute Gasteiger partial charge is 0.338 e. The molecule has 0 saturated carbocycles. The number of benzene rings is 1. The minimum Gasteiger partial charge on any atom is -0.338 e. The number of H-pyrrole nitrogens is 1. The number of anilines is 1. The summed E-state index contributed by atoms with van der Waals surface area (Å²) in [4.78, 5) is 11.6. The molecule has 4 aromatic rings. The Morgan fingerprint density at radius 3 is 2.87 bits per heavy atom. The quantitative estimate of drug-likeness (QED) is 0.448. The van der Waals surface area contributed by atoms with Gasteiger partial charge in [0.25, 0.3) is 5.95 Å². The first kappa shape index (κ1) is 13.3. The number of pyridine rings is 1. The van der Waals surface area contributed by atoms with E-state index in [1.165, 1.54) is 5.56 Å². The third kappa shape index (κ3) is 2.59. The number of aromatic nitrogens is 5. The monoisotopic (exact) mass is 303 g/mol. The highest BCUT2D eigenvalue weighted by Crippen LogP contribution is 2.23. The maximum atomic E-state index is 4.41. The molecule has 4 rings (SSSR count). The van der Waals surface area contributed by atoms with Crippen LogP contribution >= 0.6 is 0 Å². The van der Waals surface area contributed by atoms with Crippen molar-refractivity contribution in [1.29, 1.82) is 0 Å². The van der Waals surface area contributed by atoms with Crippen molar-refractivity contribution < 1.29 is 0 Å². The first-order valence-electron chi connectivity index (χ1n) is 7.11. The van der Waals surface area contributed by atoms with E-state index in [9.17, 15) is 0 Å². The summed E-state index contributed by atoms with van der Waals surface area (Å²) in [7, 11) is 0. The van der Waals surface area contributed by atoms with E-state index >= 15 is 0 Å². The zero-order valence-electron chi connectivity index (χ0n) is 12.4. The van der Waals surface area contributed by atoms with Crippen LogP contribution in [-0.4, -0.2) is 31.4 Å². The summed E-state index contributed by atoms with van der Waals surface area (Å²) in [6.07, 6.45) is 5.08. The Morgan fingerprint density at radius 1 is 1.13 bits per heavy atom. The second kappa shape index (κ2) is 5.45. The number of hydrogen-bond donors (Lipinski definition) is 2. The summed E-state index contributed by atoms with van der Waals surface area (Å²) in [5.74, 6) is 0.339. The number of aryl methyl sites for hydroxylation is 1. The number of hydrogen-bond acceptors (Lipinski definition) is 6. The van der Waals surface area contributed by atoms with Crippen LogP contribution in [0, 0.1) is 6.92 Å². The molecule has 0 amide bonds. The fraction of sp³-hybridized carbons (Fsp3) is 0.0625. The highest BCUT2D eigenvalue weighted by atomic mass is 15.4. The SMILES string of the molecule is Cc1ccc2[nH]c3nc(N/N=C/c4ccncc4)nnc3c2c1. The van der Waals surface area contributed by atoms with Gasteiger partial charge in [0.05, 0.1) is 6.21 Å². The maximum absolute atomic E-state index is 4.41. The third-order valence-electron chi connectivity index (χ3n) is 3.45. The van der Waals surface area contributed by atoms with Crippen LogP contribution in [0.5, 0.6) is 0 Å². The average Bonchev–Trinajstić information content (AvgIpc) is 2.93. The molecule has 112 valence electrons. The first-order valence-corrected chi connectivity index (χ1v) is 7.11. The number of rotatable bonds is 3. The Labute approximate surface area is 131 Å². The molecule has 0 atom stereocenters. The van der Waals surface area contributed by atoms with Gasteiger partial charge in [-0.05, 0) is 36.8 Å². The van der Waals surface area contributed by atoms with Gasteiger partial charge in [-0.3, -0.25) is 4.98 Å². The summed E-state index contributed by atoms with van der Waals surface area (Å²) >= 11 is 0. The molecule has 0 aliphatic heterocycles. The van der Waals surface area contributed by atoms with Crippen molar-refractivity contribution in [2.24, 2.45) is 5.10 Å². The van der Waals surface area contributed by atoms with Crippen LogP contribution in [0.3, 0.4) is 0 Å². The first-order chi connectivity index (χ1) is 11.3. The molecule has 23 heavy (non-hydrogen) atoms. The van der Waals surface area contributed by atoms with Gasteiger partial charge >= 0.3 is 0 Å². The van der Waals surface area contributed by atoms with Crippen molar-refractivity contribution in [2.75, 3.05) is 5.43 Å². The maximum Gasteiger partial charge on any atom is 0.265 e. The van der Waals surface area contributed by atoms with E-state index in [-0.39, 0.29) is 0 Å². The molecule has 7 heteroatoms. The molecule has 7 nitrogen and oxygen atoms in total. The molecule has 0 aliphatic carbocycles. The number of aromatic amines is 1. The van der Waals surface area contributed by atoms with Crippen LogP contribution in [0.1, 0.15) is 11.1 Å². The van der Waals surface area contributed by atoms with Crippen LogP contribution in [0.25, 0.3) is 22.1 Å². The Hall–Kier alpha value is -3.35. The Bertz CT molecular complexity index is 1000. The molecule has 3 heterocycles. The molecule has 3 aromatic heterocycles. The summed E-state index contributed by atoms with van der Waals surface area (Å²) in [6, 6.07) is 9.84. The van der Waals surface area contributed by atoms with Gasteiger partial charge in [0, 0.05) is 23.3 Å². The summed E-state index contributed by atoms with van der Waals surface area (Å²) < 4.78 is 0. The molecular weight excluding hydrogens is 290 g/mol. The predicted molar refractivity (Wildman–Crippen MR) is 89.4 cm³/mol. The lowest BCUT2D eigenvalue weighted by molar-refractivity contribution is 1.01. The molecular formula is C16H13N7. The number of nitrogens with one attached hydrogen (secondary N) is 2. The lowest BCUT2D eigenvalue weighted by Gasteiger charge is -1.97. The fourth-order valence-electron chi connectivity index (χ4n) is 2.35. The molecule has 0 radical (unpaired) electrons. The Kier molecular flexibility index (Phi) is 3.16. The fourth-order valence-corrected chi connectivity index (χ4v) is 2.35. The summed E-state index contributed by atoms with van der Waals surface area (Å²) in [5, 5.41) is 13.4. The van der Waals surface area contributed by atoms with E-state index in [2.05, 4.69) is 41.7 Å². The van der Waals surface area contributed by atoms with Crippen molar-refractivity contribution in [3.8, 4) is 0 Å². The van der Waals surface area contributed by atoms with Crippen molar-refractivity contribution in [3.05, 3.63) is 53.9 Å². The van der Waals surface area contributed by atoms with Gasteiger partial charge in [-0.25, -0.2) is 5.43 Å². The molecule has 1 aromatic carbocycles. The Morgan fingerprint density at radius 2 is 2.00 bits per heavy atom. The van der Waals surface area contributed by atoms with Gasteiger partial charge in [-0.2, -0.15) is 10.1 Å². The van der Waals surface area contributed by atoms with Crippen LogP contribution in [-0.2, 0) is 0 Å². The summed E-state index contributed by atoms with van der Waals surface area (Å²) in [6.45, 7) is 2.04. The van der Waals surface area contributed by atoms with Gasteiger partial charge in [0.15, 0.2) is 5.65 Å². The lowest BCUT2D eigenvalue weighted by atomic mass is 10.2. The molecule has 0 aliphatic rings. The van der Waals surface area contributed by atoms with Crippen LogP contribution in [0.15, 0.2) is 47.8 Å². The molecule has 0 saturated heterocycles. The van der Waals surface area contributed by atoms with E-state index in [0.29, 0.717) is 11.6 Å². The third-order valence-corrected chi connectivity index (χ3v) is 3.45. The minimum absolute atomic E-state index is 0.339. The highest BCUT2D eigenvalue weighted by Gasteiger charge is 2.08. The minimum atomic E-state index is 0.339. The van der Waals surface area contributed by atoms with E-state index < -0.39 is 0 Å². The zero-order chi connectivity index (χ0) is 15.6. The van der Waals surface area contributed by atoms with E-state index in [1.54, 1.807) is 18.6 Å². The second-order valence-corrected chi connectivity index (χ2v) is 5.16. The van der Waals surface area contributed by atoms with Crippen LogP contribution < -0.4 is 5.43 Å². The lowest BCUT2D eigenvalue weighted by Crippen LogP contribution is -1.99. The van der Waals surface area contributed by atoms with Crippen LogP contribution in [0.2, 0.25) is 0 Å². The topological polar surface area (TPSA) is 91.7 Å². The van der Waals surface area contributed by atoms with E-state index in [0.717, 1.165) is 22.0 Å². The van der Waals surface area contributed by atoms with E-state index in [1.807, 2.05) is 31.2 Å². The molecule has 0 fully saturated rings. The Balaban J connectivity index is 1.64. The predicted octanol–water partition coefficient (Wildman–Crippen LogP) is 2.66. The average molecular weight is 303 g/mol. The smallest absolute Gasteiger partial charge is 0.265 e. The molecule has 0 unspecified atom stereocenters. The highest BCUT2D eigenvalue weighted by molar-refractivity contribution is 6.03. The van der Waals surface area contributed by atoms with Crippen molar-refractivity contribution in [2.45, 2.75) is 6.92 Å². The van der Waals surface area contributed by atoms with Crippen molar-refractivity contribution in [1.82, 2.24) is 25.1 Å². The second-order valence-electron chi connectivity index (χ2n) is 5.16. The number of nitrogens with zero attached hydrogens (tertiary/aromatic N) is 5. The summed E-state index contributed by atoms with van der Waals surface area (Å²) in [5.41, 5.74) is 7.32. The molecule has 0 bridgehead atoms. The zero-order valence-corrected chi connectivity index (χ0v) is 12.4. The van der Waals surface area contributed by atoms with Gasteiger partial charge < -0.3 is 4.98 Å². The van der Waals surface area contributed by atoms with Gasteiger partial charge in [0.2, 0.25) is 0 Å². The molecule has 0 spiro atoms. The van der Waals surface area contributed by atoms with Crippen molar-refractivity contribution >= 4 is 34.2 Å². The standard InChI is InChI=1S/C16H13N7/c1-10-2-3-13-12(8-10)14-15(19-13)20-16(23-21-14)22-18-9-11-4-6-17-7-5-11/h2-9H,1H3,(H2,19,20,22,23)/b18-9+. The van der Waals surface area contributed by atoms with Crippen LogP contribution in [0.4, 0.5) is 5.95 Å². The van der Waals surface area contributed by atoms with Crippen molar-refractivity contribution in [3.63, 3.8) is 0 Å². The number of hydrazone groups is 1. The van der Waals surface area contributed by atoms with Gasteiger partial charge in [-0.15, -0.1) is 10.2 Å². The normalized spacial score (nSPS) is 11.5. The van der Waals surface area contributed by atoms with Gasteiger partial charge in [0.1, 0.15) is 5.52 Å². The van der Waals surface area contributed by atoms with Gasteiger partial charge in [-0.1, -0.05) is 11.6 Å². The molecule has 2 N–H and O–H groups in total.